The number of halogens is 1. The summed E-state index contributed by atoms with van der Waals surface area (Å²) in [5.74, 6) is 0.581. The molecule has 5 heteroatoms. The molecule has 0 bridgehead atoms. The van der Waals surface area contributed by atoms with Crippen LogP contribution in [0.4, 0.5) is 5.82 Å². The minimum Gasteiger partial charge on any atom is -0.349 e. The highest BCUT2D eigenvalue weighted by molar-refractivity contribution is 9.09. The number of hydrogen-bond donors (Lipinski definition) is 1. The zero-order chi connectivity index (χ0) is 13.0. The van der Waals surface area contributed by atoms with Crippen LogP contribution >= 0.6 is 15.9 Å². The van der Waals surface area contributed by atoms with Crippen molar-refractivity contribution in [2.45, 2.75) is 49.9 Å². The van der Waals surface area contributed by atoms with Gasteiger partial charge >= 0.3 is 0 Å². The maximum Gasteiger partial charge on any atom is 0.290 e. The van der Waals surface area contributed by atoms with E-state index in [9.17, 15) is 4.79 Å². The van der Waals surface area contributed by atoms with Gasteiger partial charge in [0.1, 0.15) is 0 Å². The van der Waals surface area contributed by atoms with Crippen molar-refractivity contribution in [3.63, 3.8) is 0 Å². The van der Waals surface area contributed by atoms with Gasteiger partial charge in [0, 0.05) is 29.8 Å². The summed E-state index contributed by atoms with van der Waals surface area (Å²) in [4.78, 5) is 21.5. The van der Waals surface area contributed by atoms with Crippen LogP contribution in [-0.4, -0.2) is 27.4 Å². The Morgan fingerprint density at radius 2 is 2.39 bits per heavy atom. The number of H-pyrrole nitrogens is 1. The highest BCUT2D eigenvalue weighted by Gasteiger charge is 2.24. The fraction of sp³-hybridized carbons (Fsp3) is 0.692. The van der Waals surface area contributed by atoms with Crippen molar-refractivity contribution in [3.05, 3.63) is 22.7 Å². The second-order valence-electron chi connectivity index (χ2n) is 4.95. The summed E-state index contributed by atoms with van der Waals surface area (Å²) in [6.45, 7) is 3.09. The zero-order valence-electron chi connectivity index (χ0n) is 10.7. The van der Waals surface area contributed by atoms with Crippen molar-refractivity contribution in [1.29, 1.82) is 0 Å². The van der Waals surface area contributed by atoms with E-state index in [1.165, 1.54) is 12.8 Å². The maximum atomic E-state index is 11.9. The van der Waals surface area contributed by atoms with Gasteiger partial charge in [-0.1, -0.05) is 35.7 Å². The topological polar surface area (TPSA) is 49.0 Å². The zero-order valence-corrected chi connectivity index (χ0v) is 12.3. The van der Waals surface area contributed by atoms with Crippen LogP contribution in [0.2, 0.25) is 0 Å². The molecule has 0 spiro atoms. The summed E-state index contributed by atoms with van der Waals surface area (Å²) in [5, 5.41) is 0. The highest BCUT2D eigenvalue weighted by atomic mass is 79.9. The lowest BCUT2D eigenvalue weighted by molar-refractivity contribution is 0.530. The fourth-order valence-electron chi connectivity index (χ4n) is 2.62. The Hall–Kier alpha value is -0.840. The number of alkyl halides is 1. The molecule has 18 heavy (non-hydrogen) atoms. The van der Waals surface area contributed by atoms with E-state index in [-0.39, 0.29) is 5.56 Å². The fourth-order valence-corrected chi connectivity index (χ4v) is 3.06. The molecule has 0 saturated carbocycles. The van der Waals surface area contributed by atoms with Gasteiger partial charge in [-0.15, -0.1) is 0 Å². The van der Waals surface area contributed by atoms with Crippen LogP contribution in [0.15, 0.2) is 17.2 Å². The van der Waals surface area contributed by atoms with Gasteiger partial charge in [0.2, 0.25) is 0 Å². The lowest BCUT2D eigenvalue weighted by Crippen LogP contribution is -2.40. The molecule has 1 aromatic rings. The maximum absolute atomic E-state index is 11.9. The predicted molar refractivity (Wildman–Crippen MR) is 77.5 cm³/mol. The normalized spacial score (nSPS) is 22.6. The Morgan fingerprint density at radius 3 is 3.11 bits per heavy atom. The number of hydrogen-bond acceptors (Lipinski definition) is 3. The van der Waals surface area contributed by atoms with Gasteiger partial charge in [0.25, 0.3) is 5.56 Å². The molecule has 1 aliphatic rings. The van der Waals surface area contributed by atoms with Crippen LogP contribution in [-0.2, 0) is 0 Å². The molecule has 0 aromatic carbocycles. The molecular weight excluding hydrogens is 294 g/mol. The van der Waals surface area contributed by atoms with Crippen LogP contribution in [0, 0.1) is 0 Å². The Bertz CT molecular complexity index is 432. The van der Waals surface area contributed by atoms with Crippen molar-refractivity contribution in [2.75, 3.05) is 11.4 Å². The summed E-state index contributed by atoms with van der Waals surface area (Å²) in [6, 6.07) is 0.415. The third-order valence-electron chi connectivity index (χ3n) is 3.43. The van der Waals surface area contributed by atoms with E-state index in [0.29, 0.717) is 16.7 Å². The van der Waals surface area contributed by atoms with Crippen molar-refractivity contribution >= 4 is 21.7 Å². The second kappa shape index (κ2) is 6.36. The lowest BCUT2D eigenvalue weighted by Gasteiger charge is -2.31. The van der Waals surface area contributed by atoms with Crippen molar-refractivity contribution < 1.29 is 0 Å². The Morgan fingerprint density at radius 1 is 1.56 bits per heavy atom. The van der Waals surface area contributed by atoms with Gasteiger partial charge in [0.15, 0.2) is 5.82 Å². The third-order valence-corrected chi connectivity index (χ3v) is 3.81. The summed E-state index contributed by atoms with van der Waals surface area (Å²) < 4.78 is 0. The van der Waals surface area contributed by atoms with Crippen LogP contribution in [0.5, 0.6) is 0 Å². The largest absolute Gasteiger partial charge is 0.349 e. The molecular formula is C13H20BrN3O. The van der Waals surface area contributed by atoms with Gasteiger partial charge in [-0.2, -0.15) is 0 Å². The number of nitrogens with zero attached hydrogens (tertiary/aromatic N) is 2. The molecule has 2 atom stereocenters. The first-order valence-electron chi connectivity index (χ1n) is 6.63. The molecule has 0 amide bonds. The van der Waals surface area contributed by atoms with Crippen molar-refractivity contribution in [2.24, 2.45) is 0 Å². The van der Waals surface area contributed by atoms with Gasteiger partial charge < -0.3 is 9.88 Å². The van der Waals surface area contributed by atoms with Gasteiger partial charge in [-0.05, 0) is 19.3 Å². The van der Waals surface area contributed by atoms with Gasteiger partial charge in [-0.25, -0.2) is 4.98 Å². The number of aromatic amines is 1. The molecule has 1 saturated heterocycles. The minimum absolute atomic E-state index is 0.0772. The second-order valence-corrected chi connectivity index (χ2v) is 6.52. The Balaban J connectivity index is 2.25. The monoisotopic (exact) mass is 313 g/mol. The molecule has 1 aliphatic heterocycles. The molecule has 1 aromatic heterocycles. The van der Waals surface area contributed by atoms with E-state index in [4.69, 9.17) is 0 Å². The first-order chi connectivity index (χ1) is 8.68. The smallest absolute Gasteiger partial charge is 0.290 e. The SMILES string of the molecule is CC(Br)CC1CCCCCN1c1ncc[nH]c1=O. The number of anilines is 1. The van der Waals surface area contributed by atoms with E-state index >= 15 is 0 Å². The molecule has 1 N–H and O–H groups in total. The number of rotatable bonds is 3. The Labute approximate surface area is 116 Å². The molecule has 1 fully saturated rings. The lowest BCUT2D eigenvalue weighted by atomic mass is 10.1. The van der Waals surface area contributed by atoms with Crippen LogP contribution in [0.1, 0.15) is 39.0 Å². The predicted octanol–water partition coefficient (Wildman–Crippen LogP) is 2.69. The summed E-state index contributed by atoms with van der Waals surface area (Å²) in [5.41, 5.74) is -0.0772. The van der Waals surface area contributed by atoms with Crippen LogP contribution in [0.25, 0.3) is 0 Å². The summed E-state index contributed by atoms with van der Waals surface area (Å²) >= 11 is 3.62. The Kier molecular flexibility index (Phi) is 4.80. The van der Waals surface area contributed by atoms with Crippen molar-refractivity contribution in [3.8, 4) is 0 Å². The van der Waals surface area contributed by atoms with E-state index < -0.39 is 0 Å². The molecule has 2 heterocycles. The van der Waals surface area contributed by atoms with E-state index in [2.05, 4.69) is 37.7 Å². The van der Waals surface area contributed by atoms with E-state index in [0.717, 1.165) is 25.8 Å². The van der Waals surface area contributed by atoms with E-state index in [1.807, 2.05) is 0 Å². The molecule has 0 aliphatic carbocycles. The number of nitrogens with one attached hydrogen (secondary N) is 1. The first-order valence-corrected chi connectivity index (χ1v) is 7.54. The quantitative estimate of drug-likeness (QED) is 0.873. The van der Waals surface area contributed by atoms with E-state index in [1.54, 1.807) is 12.4 Å². The summed E-state index contributed by atoms with van der Waals surface area (Å²) in [7, 11) is 0. The molecule has 2 rings (SSSR count). The third kappa shape index (κ3) is 3.34. The summed E-state index contributed by atoms with van der Waals surface area (Å²) in [6.07, 6.45) is 9.08. The average molecular weight is 314 g/mol. The van der Waals surface area contributed by atoms with Gasteiger partial charge in [-0.3, -0.25) is 4.79 Å². The van der Waals surface area contributed by atoms with Crippen LogP contribution in [0.3, 0.4) is 0 Å². The highest BCUT2D eigenvalue weighted by Crippen LogP contribution is 2.24. The average Bonchev–Trinajstić information content (AvgIpc) is 2.55. The molecule has 4 nitrogen and oxygen atoms in total. The first kappa shape index (κ1) is 13.6. The number of aromatic nitrogens is 2. The standard InChI is InChI=1S/C13H20BrN3O/c1-10(14)9-11-5-3-2-4-8-17(11)12-13(18)16-7-6-15-12/h6-7,10-11H,2-5,8-9H2,1H3,(H,16,18). The van der Waals surface area contributed by atoms with Gasteiger partial charge in [0.05, 0.1) is 0 Å². The van der Waals surface area contributed by atoms with Crippen LogP contribution < -0.4 is 10.5 Å². The molecule has 0 radical (unpaired) electrons. The molecule has 100 valence electrons. The minimum atomic E-state index is -0.0772. The van der Waals surface area contributed by atoms with Crippen molar-refractivity contribution in [1.82, 2.24) is 9.97 Å². The molecule has 2 unspecified atom stereocenters.